The first-order valence-electron chi connectivity index (χ1n) is 8.02. The van der Waals surface area contributed by atoms with Crippen LogP contribution in [0.3, 0.4) is 0 Å². The molecule has 2 atom stereocenters. The van der Waals surface area contributed by atoms with Crippen LogP contribution in [0.5, 0.6) is 0 Å². The van der Waals surface area contributed by atoms with Crippen LogP contribution in [-0.2, 0) is 24.8 Å². The van der Waals surface area contributed by atoms with Crippen LogP contribution < -0.4 is 10.3 Å². The van der Waals surface area contributed by atoms with Crippen LogP contribution in [0.25, 0.3) is 0 Å². The van der Waals surface area contributed by atoms with Crippen LogP contribution in [0, 0.1) is 6.92 Å². The number of hydrogen-bond donors (Lipinski definition) is 3. The van der Waals surface area contributed by atoms with Crippen molar-refractivity contribution >= 4 is 38.6 Å². The second-order valence-corrected chi connectivity index (χ2v) is 11.3. The van der Waals surface area contributed by atoms with Crippen molar-refractivity contribution in [2.45, 2.75) is 48.6 Å². The fourth-order valence-electron chi connectivity index (χ4n) is 2.55. The van der Waals surface area contributed by atoms with E-state index < -0.39 is 37.2 Å². The lowest BCUT2D eigenvalue weighted by Crippen LogP contribution is -2.52. The van der Waals surface area contributed by atoms with Gasteiger partial charge in [-0.05, 0) is 39.3 Å². The average molecular weight is 422 g/mol. The molecule has 0 saturated carbocycles. The average Bonchev–Trinajstić information content (AvgIpc) is 2.95. The van der Waals surface area contributed by atoms with Crippen LogP contribution >= 0.6 is 12.6 Å². The smallest absolute Gasteiger partial charge is 0.257 e. The summed E-state index contributed by atoms with van der Waals surface area (Å²) in [7, 11) is -7.62. The number of sulfonamides is 2. The van der Waals surface area contributed by atoms with Gasteiger partial charge >= 0.3 is 0 Å². The van der Waals surface area contributed by atoms with Gasteiger partial charge in [-0.25, -0.2) is 16.8 Å². The Morgan fingerprint density at radius 1 is 1.19 bits per heavy atom. The molecule has 1 fully saturated rings. The fraction of sp³-hybridized carbons (Fsp3) is 0.533. The number of thiol groups is 1. The summed E-state index contributed by atoms with van der Waals surface area (Å²) in [5.74, 6) is -0.735. The summed E-state index contributed by atoms with van der Waals surface area (Å²) in [5.41, 5.74) is 3.02. The van der Waals surface area contributed by atoms with E-state index in [2.05, 4.69) is 18.1 Å². The maximum absolute atomic E-state index is 12.4. The second kappa shape index (κ2) is 7.85. The summed E-state index contributed by atoms with van der Waals surface area (Å²) >= 11 is 4.27. The van der Waals surface area contributed by atoms with E-state index in [0.717, 1.165) is 9.87 Å². The standard InChI is InChI=1S/C15H23N3O5S3/c1-10(2)26(22,23)18-9-12(24)8-14(18)15(19)16-17-25(20,21)13-6-4-11(3)5-7-13/h4-7,10,12,14,17,24H,8-9H2,1-3H3,(H,16,19)/t12-,14+/m1/s1. The molecule has 1 amide bonds. The zero-order chi connectivity index (χ0) is 19.7. The molecule has 146 valence electrons. The van der Waals surface area contributed by atoms with Crippen LogP contribution in [-0.4, -0.2) is 50.1 Å². The molecule has 1 saturated heterocycles. The van der Waals surface area contributed by atoms with Gasteiger partial charge in [-0.15, -0.1) is 4.83 Å². The monoisotopic (exact) mass is 421 g/mol. The molecule has 8 nitrogen and oxygen atoms in total. The molecule has 1 heterocycles. The third-order valence-electron chi connectivity index (χ3n) is 4.10. The summed E-state index contributed by atoms with van der Waals surface area (Å²) in [6.07, 6.45) is 0.202. The van der Waals surface area contributed by atoms with Crippen LogP contribution in [0.2, 0.25) is 0 Å². The van der Waals surface area contributed by atoms with E-state index in [0.29, 0.717) is 0 Å². The molecule has 0 unspecified atom stereocenters. The molecule has 1 aromatic carbocycles. The highest BCUT2D eigenvalue weighted by Crippen LogP contribution is 2.27. The SMILES string of the molecule is Cc1ccc(S(=O)(=O)NNC(=O)[C@@H]2C[C@@H](S)CN2S(=O)(=O)C(C)C)cc1. The Hall–Kier alpha value is -1.14. The second-order valence-electron chi connectivity index (χ2n) is 6.48. The van der Waals surface area contributed by atoms with Gasteiger partial charge in [0.05, 0.1) is 10.1 Å². The number of carbonyl (C=O) groups excluding carboxylic acids is 1. The summed E-state index contributed by atoms with van der Waals surface area (Å²) < 4.78 is 50.4. The predicted octanol–water partition coefficient (Wildman–Crippen LogP) is 0.415. The van der Waals surface area contributed by atoms with Crippen molar-refractivity contribution in [2.75, 3.05) is 6.54 Å². The number of carbonyl (C=O) groups is 1. The van der Waals surface area contributed by atoms with Crippen molar-refractivity contribution in [1.82, 2.24) is 14.6 Å². The van der Waals surface area contributed by atoms with Crippen molar-refractivity contribution in [3.05, 3.63) is 29.8 Å². The number of hydrazine groups is 1. The van der Waals surface area contributed by atoms with E-state index in [1.807, 2.05) is 11.8 Å². The molecule has 0 radical (unpaired) electrons. The highest BCUT2D eigenvalue weighted by atomic mass is 32.2. The highest BCUT2D eigenvalue weighted by molar-refractivity contribution is 7.90. The Bertz CT molecular complexity index is 866. The van der Waals surface area contributed by atoms with Crippen molar-refractivity contribution in [2.24, 2.45) is 0 Å². The lowest BCUT2D eigenvalue weighted by molar-refractivity contribution is -0.124. The Labute approximate surface area is 159 Å². The van der Waals surface area contributed by atoms with E-state index in [1.54, 1.807) is 12.1 Å². The minimum atomic E-state index is -3.95. The molecule has 26 heavy (non-hydrogen) atoms. The number of aryl methyl sites for hydroxylation is 1. The van der Waals surface area contributed by atoms with Gasteiger partial charge in [0.2, 0.25) is 10.0 Å². The van der Waals surface area contributed by atoms with Gasteiger partial charge in [0.15, 0.2) is 0 Å². The van der Waals surface area contributed by atoms with E-state index in [9.17, 15) is 21.6 Å². The Morgan fingerprint density at radius 3 is 2.31 bits per heavy atom. The Morgan fingerprint density at radius 2 is 1.77 bits per heavy atom. The fourth-order valence-corrected chi connectivity index (χ4v) is 5.35. The molecule has 2 N–H and O–H groups in total. The largest absolute Gasteiger partial charge is 0.276 e. The molecule has 0 bridgehead atoms. The van der Waals surface area contributed by atoms with Gasteiger partial charge in [-0.3, -0.25) is 10.2 Å². The quantitative estimate of drug-likeness (QED) is 0.455. The minimum Gasteiger partial charge on any atom is -0.276 e. The summed E-state index contributed by atoms with van der Waals surface area (Å²) in [6.45, 7) is 4.97. The van der Waals surface area contributed by atoms with Gasteiger partial charge in [0.25, 0.3) is 15.9 Å². The van der Waals surface area contributed by atoms with Gasteiger partial charge in [-0.2, -0.15) is 16.9 Å². The molecule has 1 aliphatic heterocycles. The van der Waals surface area contributed by atoms with Crippen molar-refractivity contribution < 1.29 is 21.6 Å². The van der Waals surface area contributed by atoms with Crippen molar-refractivity contribution in [3.8, 4) is 0 Å². The predicted molar refractivity (Wildman–Crippen MR) is 102 cm³/mol. The van der Waals surface area contributed by atoms with Crippen LogP contribution in [0.1, 0.15) is 25.8 Å². The zero-order valence-electron chi connectivity index (χ0n) is 14.7. The topological polar surface area (TPSA) is 113 Å². The number of rotatable bonds is 6. The molecule has 1 aliphatic rings. The van der Waals surface area contributed by atoms with Gasteiger partial charge < -0.3 is 0 Å². The van der Waals surface area contributed by atoms with Gasteiger partial charge in [-0.1, -0.05) is 17.7 Å². The van der Waals surface area contributed by atoms with E-state index in [4.69, 9.17) is 0 Å². The molecule has 2 rings (SSSR count). The van der Waals surface area contributed by atoms with Crippen molar-refractivity contribution in [3.63, 3.8) is 0 Å². The number of nitrogens with zero attached hydrogens (tertiary/aromatic N) is 1. The lowest BCUT2D eigenvalue weighted by Gasteiger charge is -2.25. The zero-order valence-corrected chi connectivity index (χ0v) is 17.2. The van der Waals surface area contributed by atoms with E-state index in [1.165, 1.54) is 26.0 Å². The summed E-state index contributed by atoms with van der Waals surface area (Å²) in [5, 5.41) is -0.992. The first-order valence-corrected chi connectivity index (χ1v) is 11.5. The first kappa shape index (κ1) is 21.2. The number of nitrogens with one attached hydrogen (secondary N) is 2. The summed E-state index contributed by atoms with van der Waals surface area (Å²) in [6, 6.07) is 5.09. The molecule has 0 aliphatic carbocycles. The lowest BCUT2D eigenvalue weighted by atomic mass is 10.2. The first-order chi connectivity index (χ1) is 11.9. The maximum Gasteiger partial charge on any atom is 0.257 e. The molecular weight excluding hydrogens is 398 g/mol. The molecule has 0 aromatic heterocycles. The highest BCUT2D eigenvalue weighted by Gasteiger charge is 2.43. The number of hydrogen-bond acceptors (Lipinski definition) is 6. The van der Waals surface area contributed by atoms with Gasteiger partial charge in [0.1, 0.15) is 6.04 Å². The van der Waals surface area contributed by atoms with Crippen LogP contribution in [0.4, 0.5) is 0 Å². The third kappa shape index (κ3) is 4.58. The minimum absolute atomic E-state index is 0.00597. The molecule has 1 aromatic rings. The molecule has 0 spiro atoms. The Kier molecular flexibility index (Phi) is 6.39. The maximum atomic E-state index is 12.4. The molecule has 11 heteroatoms. The van der Waals surface area contributed by atoms with Crippen LogP contribution in [0.15, 0.2) is 29.2 Å². The number of amides is 1. The van der Waals surface area contributed by atoms with Gasteiger partial charge in [0, 0.05) is 11.8 Å². The molecular formula is C15H23N3O5S3. The normalized spacial score (nSPS) is 21.9. The van der Waals surface area contributed by atoms with E-state index in [-0.39, 0.29) is 23.1 Å². The van der Waals surface area contributed by atoms with E-state index >= 15 is 0 Å². The number of benzene rings is 1. The van der Waals surface area contributed by atoms with Crippen molar-refractivity contribution in [1.29, 1.82) is 0 Å². The summed E-state index contributed by atoms with van der Waals surface area (Å²) in [4.78, 5) is 14.4. The third-order valence-corrected chi connectivity index (χ3v) is 7.99. The Balaban J connectivity index is 2.12.